The maximum atomic E-state index is 13.1. The highest BCUT2D eigenvalue weighted by atomic mass is 79.9. The third kappa shape index (κ3) is 11.9. The van der Waals surface area contributed by atoms with Crippen LogP contribution in [-0.2, 0) is 31.2 Å². The number of para-hydroxylation sites is 2. The van der Waals surface area contributed by atoms with Crippen LogP contribution in [0.5, 0.6) is 23.0 Å². The predicted molar refractivity (Wildman–Crippen MR) is 263 cm³/mol. The molecule has 0 saturated carbocycles. The second-order valence-electron chi connectivity index (χ2n) is 15.3. The fraction of sp³-hybridized carbons (Fsp3) is 0.261. The van der Waals surface area contributed by atoms with Gasteiger partial charge in [-0.05, 0) is 119 Å². The second kappa shape index (κ2) is 22.1. The van der Waals surface area contributed by atoms with E-state index in [-0.39, 0.29) is 34.7 Å². The zero-order valence-corrected chi connectivity index (χ0v) is 43.2. The maximum Gasteiger partial charge on any atom is 0.204 e. The Balaban J connectivity index is 0.000000206. The maximum absolute atomic E-state index is 13.1. The van der Waals surface area contributed by atoms with Gasteiger partial charge in [-0.1, -0.05) is 12.1 Å². The molecular weight excluding hydrogens is 1080 g/mol. The summed E-state index contributed by atoms with van der Waals surface area (Å²) in [6, 6.07) is 23.8. The van der Waals surface area contributed by atoms with Crippen molar-refractivity contribution in [2.24, 2.45) is 0 Å². The average molecular weight is 1130 g/mol. The number of sulfone groups is 2. The summed E-state index contributed by atoms with van der Waals surface area (Å²) in [5, 5.41) is 37.8. The van der Waals surface area contributed by atoms with E-state index < -0.39 is 54.9 Å². The molecule has 0 amide bonds. The van der Waals surface area contributed by atoms with Crippen molar-refractivity contribution in [1.82, 2.24) is 39.5 Å². The molecule has 6 heterocycles. The van der Waals surface area contributed by atoms with E-state index in [4.69, 9.17) is 27.8 Å². The lowest BCUT2D eigenvalue weighted by Crippen LogP contribution is -2.19. The van der Waals surface area contributed by atoms with Gasteiger partial charge in [0, 0.05) is 21.3 Å². The summed E-state index contributed by atoms with van der Waals surface area (Å²) in [4.78, 5) is 8.17. The van der Waals surface area contributed by atoms with Crippen molar-refractivity contribution in [2.45, 2.75) is 37.6 Å². The number of aryl methyl sites for hydroxylation is 2. The number of aliphatic hydroxyl groups excluding tert-OH is 2. The highest BCUT2D eigenvalue weighted by Gasteiger charge is 2.31. The number of furan rings is 2. The van der Waals surface area contributed by atoms with Crippen molar-refractivity contribution in [3.05, 3.63) is 141 Å². The fourth-order valence-corrected chi connectivity index (χ4v) is 10.3. The molecule has 0 radical (unpaired) electrons. The third-order valence-corrected chi connectivity index (χ3v) is 14.3. The molecule has 0 saturated heterocycles. The quantitative estimate of drug-likeness (QED) is 0.0853. The number of nitrogens with zero attached hydrogens (tertiary/aromatic N) is 8. The number of methoxy groups -OCH3 is 4. The number of aromatic nitrogens is 8. The van der Waals surface area contributed by atoms with E-state index in [1.54, 1.807) is 98.8 Å². The fourth-order valence-electron chi connectivity index (χ4n) is 7.15. The van der Waals surface area contributed by atoms with Crippen LogP contribution >= 0.6 is 31.9 Å². The molecule has 2 atom stereocenters. The molecule has 2 aromatic carbocycles. The van der Waals surface area contributed by atoms with Crippen molar-refractivity contribution in [3.63, 3.8) is 0 Å². The number of halogens is 2. The largest absolute Gasteiger partial charge is 0.494 e. The molecule has 0 spiro atoms. The standard InChI is InChI=1S/2C23H23BrN4O6S/c2*1-14-7-10-20(34-14)23-27-26-21(28(23)22-18(32-2)5-4-6-19(22)33-3)13-35(30,31)12-17(29)16-9-8-15(24)11-25-16/h2*4-11,17,29H,12-13H2,1-3H3/t2*17-/m10/s1. The normalized spacial score (nSPS) is 12.5. The van der Waals surface area contributed by atoms with Gasteiger partial charge in [0.05, 0.1) is 51.3 Å². The Morgan fingerprint density at radius 3 is 1.19 bits per heavy atom. The summed E-state index contributed by atoms with van der Waals surface area (Å²) in [6.45, 7) is 3.58. The van der Waals surface area contributed by atoms with Crippen LogP contribution in [0, 0.1) is 13.8 Å². The molecule has 2 N–H and O–H groups in total. The SMILES string of the molecule is COc1cccc(OC)c1-n1c(CS(=O)(=O)C[C@@H](O)c2ccc(Br)cn2)nnc1-c1ccc(C)o1.COc1cccc(OC)c1-n1c(CS(=O)(=O)C[C@H](O)c2ccc(Br)cn2)nnc1-c1ccc(C)o1. The molecule has 0 aliphatic rings. The van der Waals surface area contributed by atoms with Gasteiger partial charge in [-0.15, -0.1) is 20.4 Å². The number of benzene rings is 2. The summed E-state index contributed by atoms with van der Waals surface area (Å²) in [5.41, 5.74) is 1.34. The van der Waals surface area contributed by atoms with Crippen molar-refractivity contribution in [1.29, 1.82) is 0 Å². The Bertz CT molecular complexity index is 3040. The van der Waals surface area contributed by atoms with E-state index in [0.717, 1.165) is 8.95 Å². The molecular formula is C46H46Br2N8O12S2. The Hall–Kier alpha value is -6.44. The van der Waals surface area contributed by atoms with Crippen molar-refractivity contribution in [3.8, 4) is 57.5 Å². The number of ether oxygens (including phenoxy) is 4. The molecule has 70 heavy (non-hydrogen) atoms. The van der Waals surface area contributed by atoms with Gasteiger partial charge >= 0.3 is 0 Å². The monoisotopic (exact) mass is 1120 g/mol. The molecule has 368 valence electrons. The van der Waals surface area contributed by atoms with E-state index in [1.807, 2.05) is 0 Å². The van der Waals surface area contributed by atoms with E-state index >= 15 is 0 Å². The molecule has 0 unspecified atom stereocenters. The summed E-state index contributed by atoms with van der Waals surface area (Å²) in [5.74, 6) is 2.44. The van der Waals surface area contributed by atoms with Gasteiger partial charge in [0.25, 0.3) is 0 Å². The molecule has 24 heteroatoms. The minimum atomic E-state index is -3.86. The van der Waals surface area contributed by atoms with Gasteiger partial charge < -0.3 is 38.0 Å². The Morgan fingerprint density at radius 1 is 0.543 bits per heavy atom. The zero-order valence-electron chi connectivity index (χ0n) is 38.3. The second-order valence-corrected chi connectivity index (χ2v) is 21.4. The van der Waals surface area contributed by atoms with Gasteiger partial charge in [0.2, 0.25) is 11.6 Å². The molecule has 6 aromatic heterocycles. The van der Waals surface area contributed by atoms with Crippen molar-refractivity contribution < 1.29 is 54.8 Å². The molecule has 8 aromatic rings. The van der Waals surface area contributed by atoms with Gasteiger partial charge in [-0.2, -0.15) is 0 Å². The van der Waals surface area contributed by atoms with Crippen LogP contribution in [0.2, 0.25) is 0 Å². The summed E-state index contributed by atoms with van der Waals surface area (Å²) >= 11 is 6.54. The highest BCUT2D eigenvalue weighted by molar-refractivity contribution is 9.10. The van der Waals surface area contributed by atoms with Gasteiger partial charge in [0.15, 0.2) is 42.8 Å². The van der Waals surface area contributed by atoms with Crippen LogP contribution in [0.1, 0.15) is 46.8 Å². The van der Waals surface area contributed by atoms with Crippen molar-refractivity contribution >= 4 is 51.5 Å². The van der Waals surface area contributed by atoms with Crippen LogP contribution in [-0.4, -0.2) is 106 Å². The van der Waals surface area contributed by atoms with E-state index in [0.29, 0.717) is 57.4 Å². The Morgan fingerprint density at radius 2 is 0.900 bits per heavy atom. The van der Waals surface area contributed by atoms with Crippen LogP contribution in [0.25, 0.3) is 34.5 Å². The lowest BCUT2D eigenvalue weighted by Gasteiger charge is -2.17. The number of pyridine rings is 2. The summed E-state index contributed by atoms with van der Waals surface area (Å²) in [6.07, 6.45) is 0.371. The molecule has 0 aliphatic carbocycles. The van der Waals surface area contributed by atoms with E-state index in [1.165, 1.54) is 50.0 Å². The first-order chi connectivity index (χ1) is 33.4. The molecule has 0 aliphatic heterocycles. The molecule has 0 fully saturated rings. The van der Waals surface area contributed by atoms with Gasteiger partial charge in [0.1, 0.15) is 69.6 Å². The Kier molecular flexibility index (Phi) is 16.2. The van der Waals surface area contributed by atoms with E-state index in [2.05, 4.69) is 62.2 Å². The molecule has 20 nitrogen and oxygen atoms in total. The lowest BCUT2D eigenvalue weighted by atomic mass is 10.2. The first-order valence-electron chi connectivity index (χ1n) is 20.9. The summed E-state index contributed by atoms with van der Waals surface area (Å²) < 4.78 is 90.7. The van der Waals surface area contributed by atoms with Gasteiger partial charge in [-0.25, -0.2) is 16.8 Å². The van der Waals surface area contributed by atoms with Crippen LogP contribution in [0.4, 0.5) is 0 Å². The number of aliphatic hydroxyl groups is 2. The minimum Gasteiger partial charge on any atom is -0.494 e. The molecule has 0 bridgehead atoms. The average Bonchev–Trinajstić information content (AvgIpc) is 4.15. The third-order valence-electron chi connectivity index (χ3n) is 10.3. The number of hydrogen-bond donors (Lipinski definition) is 2. The number of hydrogen-bond acceptors (Lipinski definition) is 18. The van der Waals surface area contributed by atoms with Gasteiger partial charge in [-0.3, -0.25) is 19.1 Å². The summed E-state index contributed by atoms with van der Waals surface area (Å²) in [7, 11) is -1.74. The van der Waals surface area contributed by atoms with Crippen LogP contribution in [0.15, 0.2) is 115 Å². The first kappa shape index (κ1) is 51.4. The first-order valence-corrected chi connectivity index (χ1v) is 26.1. The van der Waals surface area contributed by atoms with Crippen LogP contribution in [0.3, 0.4) is 0 Å². The van der Waals surface area contributed by atoms with Crippen molar-refractivity contribution in [2.75, 3.05) is 39.9 Å². The smallest absolute Gasteiger partial charge is 0.204 e. The molecule has 8 rings (SSSR count). The zero-order chi connectivity index (χ0) is 50.3. The topological polar surface area (TPSA) is 259 Å². The van der Waals surface area contributed by atoms with Crippen LogP contribution < -0.4 is 18.9 Å². The highest BCUT2D eigenvalue weighted by Crippen LogP contribution is 2.39. The lowest BCUT2D eigenvalue weighted by molar-refractivity contribution is 0.196. The van der Waals surface area contributed by atoms with E-state index in [9.17, 15) is 27.0 Å². The number of rotatable bonds is 18. The minimum absolute atomic E-state index is 0.104. The predicted octanol–water partition coefficient (Wildman–Crippen LogP) is 7.32. The Labute approximate surface area is 419 Å².